The summed E-state index contributed by atoms with van der Waals surface area (Å²) in [6, 6.07) is 3.82. The van der Waals surface area contributed by atoms with Crippen LogP contribution < -0.4 is 11.1 Å². The summed E-state index contributed by atoms with van der Waals surface area (Å²) in [7, 11) is 0. The number of aromatic amines is 1. The molecule has 7 nitrogen and oxygen atoms in total. The predicted octanol–water partition coefficient (Wildman–Crippen LogP) is 0.419. The highest BCUT2D eigenvalue weighted by atomic mass is 16.2. The number of amides is 2. The first-order valence-electron chi connectivity index (χ1n) is 8.35. The van der Waals surface area contributed by atoms with Crippen molar-refractivity contribution in [2.24, 2.45) is 11.7 Å². The van der Waals surface area contributed by atoms with E-state index < -0.39 is 0 Å². The Morgan fingerprint density at radius 1 is 1.46 bits per heavy atom. The van der Waals surface area contributed by atoms with E-state index in [0.717, 1.165) is 29.4 Å². The normalized spacial score (nSPS) is 17.9. The minimum atomic E-state index is -0.140. The van der Waals surface area contributed by atoms with E-state index in [1.807, 2.05) is 18.3 Å². The third-order valence-electron chi connectivity index (χ3n) is 4.47. The van der Waals surface area contributed by atoms with Crippen molar-refractivity contribution in [3.8, 4) is 0 Å². The Kier molecular flexibility index (Phi) is 5.10. The van der Waals surface area contributed by atoms with Crippen LogP contribution in [0.2, 0.25) is 0 Å². The molecule has 24 heavy (non-hydrogen) atoms. The summed E-state index contributed by atoms with van der Waals surface area (Å²) in [6.07, 6.45) is 5.55. The standard InChI is InChI=1S/C17H23N5O2/c18-5-7-20-17(24)12-3-2-8-22(11-12)15(23)9-13-10-21-16-14(13)4-1-6-19-16/h1,4,6,10,12H,2-3,5,7-9,11,18H2,(H,19,21)(H,20,24). The second-order valence-electron chi connectivity index (χ2n) is 6.15. The number of hydrogen-bond donors (Lipinski definition) is 3. The Morgan fingerprint density at radius 2 is 2.33 bits per heavy atom. The molecule has 3 rings (SSSR count). The molecule has 0 radical (unpaired) electrons. The number of H-pyrrole nitrogens is 1. The van der Waals surface area contributed by atoms with Crippen molar-refractivity contribution in [3.63, 3.8) is 0 Å². The molecule has 0 aromatic carbocycles. The van der Waals surface area contributed by atoms with Crippen LogP contribution in [0.5, 0.6) is 0 Å². The fraction of sp³-hybridized carbons (Fsp3) is 0.471. The van der Waals surface area contributed by atoms with Crippen molar-refractivity contribution in [1.29, 1.82) is 0 Å². The van der Waals surface area contributed by atoms with Crippen LogP contribution in [0, 0.1) is 5.92 Å². The number of aromatic nitrogens is 2. The summed E-state index contributed by atoms with van der Waals surface area (Å²) in [6.45, 7) is 2.09. The molecule has 4 N–H and O–H groups in total. The van der Waals surface area contributed by atoms with Crippen LogP contribution in [0.4, 0.5) is 0 Å². The first kappa shape index (κ1) is 16.4. The van der Waals surface area contributed by atoms with E-state index in [1.165, 1.54) is 0 Å². The fourth-order valence-electron chi connectivity index (χ4n) is 3.19. The third kappa shape index (κ3) is 3.56. The summed E-state index contributed by atoms with van der Waals surface area (Å²) in [5.74, 6) is -0.0933. The molecule has 2 aromatic heterocycles. The zero-order chi connectivity index (χ0) is 16.9. The molecule has 0 aliphatic carbocycles. The molecular weight excluding hydrogens is 306 g/mol. The van der Waals surface area contributed by atoms with Crippen molar-refractivity contribution in [2.45, 2.75) is 19.3 Å². The smallest absolute Gasteiger partial charge is 0.227 e. The topological polar surface area (TPSA) is 104 Å². The van der Waals surface area contributed by atoms with Crippen LogP contribution in [0.15, 0.2) is 24.5 Å². The minimum absolute atomic E-state index is 0.00533. The SMILES string of the molecule is NCCNC(=O)C1CCCN(C(=O)Cc2c[nH]c3ncccc23)C1. The third-order valence-corrected chi connectivity index (χ3v) is 4.47. The lowest BCUT2D eigenvalue weighted by Crippen LogP contribution is -2.46. The lowest BCUT2D eigenvalue weighted by Gasteiger charge is -2.32. The maximum absolute atomic E-state index is 12.6. The summed E-state index contributed by atoms with van der Waals surface area (Å²) in [5.41, 5.74) is 7.15. The molecule has 1 aliphatic heterocycles. The van der Waals surface area contributed by atoms with Gasteiger partial charge in [0.1, 0.15) is 5.65 Å². The number of nitrogens with two attached hydrogens (primary N) is 1. The predicted molar refractivity (Wildman–Crippen MR) is 91.2 cm³/mol. The van der Waals surface area contributed by atoms with Gasteiger partial charge in [-0.15, -0.1) is 0 Å². The van der Waals surface area contributed by atoms with Gasteiger partial charge in [0.05, 0.1) is 12.3 Å². The molecule has 1 fully saturated rings. The van der Waals surface area contributed by atoms with Gasteiger partial charge in [0.15, 0.2) is 0 Å². The van der Waals surface area contributed by atoms with Gasteiger partial charge in [0.2, 0.25) is 11.8 Å². The fourth-order valence-corrected chi connectivity index (χ4v) is 3.19. The Balaban J connectivity index is 1.63. The van der Waals surface area contributed by atoms with Crippen molar-refractivity contribution >= 4 is 22.8 Å². The molecular formula is C17H23N5O2. The van der Waals surface area contributed by atoms with Crippen molar-refractivity contribution in [1.82, 2.24) is 20.2 Å². The van der Waals surface area contributed by atoms with Crippen molar-refractivity contribution in [3.05, 3.63) is 30.1 Å². The van der Waals surface area contributed by atoms with Crippen LogP contribution in [0.3, 0.4) is 0 Å². The van der Waals surface area contributed by atoms with E-state index >= 15 is 0 Å². The zero-order valence-corrected chi connectivity index (χ0v) is 13.6. The second-order valence-corrected chi connectivity index (χ2v) is 6.15. The molecule has 0 spiro atoms. The Morgan fingerprint density at radius 3 is 3.17 bits per heavy atom. The average molecular weight is 329 g/mol. The van der Waals surface area contributed by atoms with Gasteiger partial charge in [-0.2, -0.15) is 0 Å². The summed E-state index contributed by atoms with van der Waals surface area (Å²) in [5, 5.41) is 3.79. The maximum Gasteiger partial charge on any atom is 0.227 e. The first-order valence-corrected chi connectivity index (χ1v) is 8.35. The van der Waals surface area contributed by atoms with Gasteiger partial charge >= 0.3 is 0 Å². The molecule has 3 heterocycles. The largest absolute Gasteiger partial charge is 0.355 e. The highest BCUT2D eigenvalue weighted by Crippen LogP contribution is 2.20. The van der Waals surface area contributed by atoms with Gasteiger partial charge in [-0.3, -0.25) is 9.59 Å². The summed E-state index contributed by atoms with van der Waals surface area (Å²) in [4.78, 5) is 33.9. The van der Waals surface area contributed by atoms with E-state index in [1.54, 1.807) is 11.1 Å². The zero-order valence-electron chi connectivity index (χ0n) is 13.6. The lowest BCUT2D eigenvalue weighted by molar-refractivity contribution is -0.135. The first-order chi connectivity index (χ1) is 11.7. The highest BCUT2D eigenvalue weighted by molar-refractivity contribution is 5.87. The van der Waals surface area contributed by atoms with Crippen molar-refractivity contribution < 1.29 is 9.59 Å². The van der Waals surface area contributed by atoms with E-state index in [9.17, 15) is 9.59 Å². The number of piperidine rings is 1. The molecule has 2 aromatic rings. The molecule has 1 aliphatic rings. The number of carbonyl (C=O) groups is 2. The van der Waals surface area contributed by atoms with Crippen LogP contribution in [-0.4, -0.2) is 52.9 Å². The van der Waals surface area contributed by atoms with Crippen LogP contribution in [0.1, 0.15) is 18.4 Å². The Hall–Kier alpha value is -2.41. The summed E-state index contributed by atoms with van der Waals surface area (Å²) < 4.78 is 0. The summed E-state index contributed by atoms with van der Waals surface area (Å²) >= 11 is 0. The van der Waals surface area contributed by atoms with E-state index in [2.05, 4.69) is 15.3 Å². The molecule has 1 unspecified atom stereocenters. The number of hydrogen-bond acceptors (Lipinski definition) is 4. The van der Waals surface area contributed by atoms with E-state index in [4.69, 9.17) is 5.73 Å². The number of carbonyl (C=O) groups excluding carboxylic acids is 2. The molecule has 0 bridgehead atoms. The van der Waals surface area contributed by atoms with Gasteiger partial charge in [-0.25, -0.2) is 4.98 Å². The number of nitrogens with one attached hydrogen (secondary N) is 2. The monoisotopic (exact) mass is 329 g/mol. The molecule has 1 saturated heterocycles. The maximum atomic E-state index is 12.6. The van der Waals surface area contributed by atoms with Crippen molar-refractivity contribution in [2.75, 3.05) is 26.2 Å². The molecule has 128 valence electrons. The lowest BCUT2D eigenvalue weighted by atomic mass is 9.96. The number of rotatable bonds is 5. The quantitative estimate of drug-likeness (QED) is 0.739. The van der Waals surface area contributed by atoms with Gasteiger partial charge in [-0.05, 0) is 30.5 Å². The molecule has 0 saturated carbocycles. The number of pyridine rings is 1. The van der Waals surface area contributed by atoms with Crippen LogP contribution in [-0.2, 0) is 16.0 Å². The molecule has 2 amide bonds. The molecule has 7 heteroatoms. The van der Waals surface area contributed by atoms with E-state index in [-0.39, 0.29) is 17.7 Å². The van der Waals surface area contributed by atoms with E-state index in [0.29, 0.717) is 32.6 Å². The van der Waals surface area contributed by atoms with Gasteiger partial charge in [0, 0.05) is 44.0 Å². The van der Waals surface area contributed by atoms with Crippen LogP contribution >= 0.6 is 0 Å². The average Bonchev–Trinajstić information content (AvgIpc) is 3.03. The number of fused-ring (bicyclic) bond motifs is 1. The number of nitrogens with zero attached hydrogens (tertiary/aromatic N) is 2. The van der Waals surface area contributed by atoms with Gasteiger partial charge < -0.3 is 20.9 Å². The minimum Gasteiger partial charge on any atom is -0.355 e. The Labute approximate surface area is 140 Å². The Bertz CT molecular complexity index is 727. The highest BCUT2D eigenvalue weighted by Gasteiger charge is 2.28. The van der Waals surface area contributed by atoms with Gasteiger partial charge in [0.25, 0.3) is 0 Å². The number of likely N-dealkylation sites (tertiary alicyclic amines) is 1. The molecule has 1 atom stereocenters. The second kappa shape index (κ2) is 7.44. The van der Waals surface area contributed by atoms with Gasteiger partial charge in [-0.1, -0.05) is 0 Å². The van der Waals surface area contributed by atoms with Crippen LogP contribution in [0.25, 0.3) is 11.0 Å².